The number of benzene rings is 2. The molecule has 0 bridgehead atoms. The van der Waals surface area contributed by atoms with Crippen molar-refractivity contribution in [3.8, 4) is 17.5 Å². The monoisotopic (exact) mass is 363 g/mol. The number of H-pyrrole nitrogens is 1. The van der Waals surface area contributed by atoms with E-state index in [0.29, 0.717) is 46.4 Å². The van der Waals surface area contributed by atoms with E-state index in [1.807, 2.05) is 25.1 Å². The van der Waals surface area contributed by atoms with Crippen molar-refractivity contribution in [2.75, 3.05) is 6.61 Å². The van der Waals surface area contributed by atoms with E-state index in [0.717, 1.165) is 5.56 Å². The molecule has 1 N–H and O–H groups in total. The third-order valence-electron chi connectivity index (χ3n) is 3.23. The van der Waals surface area contributed by atoms with Crippen LogP contribution in [0.4, 0.5) is 0 Å². The maximum absolute atomic E-state index is 6.16. The summed E-state index contributed by atoms with van der Waals surface area (Å²) < 4.78 is 11.2. The number of para-hydroxylation sites is 1. The van der Waals surface area contributed by atoms with Crippen LogP contribution in [-0.4, -0.2) is 21.8 Å². The van der Waals surface area contributed by atoms with Crippen molar-refractivity contribution in [3.05, 3.63) is 63.9 Å². The van der Waals surface area contributed by atoms with Crippen molar-refractivity contribution in [1.82, 2.24) is 15.2 Å². The van der Waals surface area contributed by atoms with Gasteiger partial charge >= 0.3 is 6.01 Å². The molecule has 3 rings (SSSR count). The van der Waals surface area contributed by atoms with Gasteiger partial charge < -0.3 is 9.47 Å². The molecule has 24 heavy (non-hydrogen) atoms. The van der Waals surface area contributed by atoms with Gasteiger partial charge in [-0.25, -0.2) is 0 Å². The van der Waals surface area contributed by atoms with Crippen LogP contribution in [0.5, 0.6) is 17.5 Å². The van der Waals surface area contributed by atoms with E-state index in [9.17, 15) is 0 Å². The minimum Gasteiger partial charge on any atom is -0.463 e. The van der Waals surface area contributed by atoms with E-state index in [-0.39, 0.29) is 0 Å². The third-order valence-corrected chi connectivity index (χ3v) is 3.78. The SMILES string of the molecule is CCOc1n[nH]c(Cc2ccc(Cl)cc2Oc2ccccc2Cl)n1. The van der Waals surface area contributed by atoms with Crippen LogP contribution in [0, 0.1) is 0 Å². The Morgan fingerprint density at radius 3 is 2.71 bits per heavy atom. The Bertz CT molecular complexity index is 836. The summed E-state index contributed by atoms with van der Waals surface area (Å²) in [6, 6.07) is 13.0. The lowest BCUT2D eigenvalue weighted by molar-refractivity contribution is 0.314. The highest BCUT2D eigenvalue weighted by Crippen LogP contribution is 2.33. The Hall–Kier alpha value is -2.24. The zero-order valence-electron chi connectivity index (χ0n) is 12.9. The van der Waals surface area contributed by atoms with Crippen LogP contribution < -0.4 is 9.47 Å². The molecule has 0 aliphatic rings. The Labute approximate surface area is 149 Å². The first-order valence-corrected chi connectivity index (χ1v) is 8.16. The highest BCUT2D eigenvalue weighted by Gasteiger charge is 2.12. The fraction of sp³-hybridized carbons (Fsp3) is 0.176. The van der Waals surface area contributed by atoms with Gasteiger partial charge in [0.25, 0.3) is 0 Å². The molecule has 0 saturated heterocycles. The maximum Gasteiger partial charge on any atom is 0.335 e. The van der Waals surface area contributed by atoms with E-state index in [4.69, 9.17) is 32.7 Å². The van der Waals surface area contributed by atoms with Crippen LogP contribution in [0.1, 0.15) is 18.3 Å². The summed E-state index contributed by atoms with van der Waals surface area (Å²) in [5.41, 5.74) is 0.901. The second kappa shape index (κ2) is 7.55. The lowest BCUT2D eigenvalue weighted by atomic mass is 10.1. The summed E-state index contributed by atoms with van der Waals surface area (Å²) in [5, 5.41) is 7.96. The fourth-order valence-corrected chi connectivity index (χ4v) is 2.48. The Balaban J connectivity index is 1.86. The highest BCUT2D eigenvalue weighted by molar-refractivity contribution is 6.32. The van der Waals surface area contributed by atoms with Crippen molar-refractivity contribution in [3.63, 3.8) is 0 Å². The van der Waals surface area contributed by atoms with Gasteiger partial charge in [-0.3, -0.25) is 5.10 Å². The van der Waals surface area contributed by atoms with Gasteiger partial charge in [-0.1, -0.05) is 41.4 Å². The number of aromatic nitrogens is 3. The molecule has 1 heterocycles. The number of hydrogen-bond donors (Lipinski definition) is 1. The van der Waals surface area contributed by atoms with E-state index in [2.05, 4.69) is 15.2 Å². The number of rotatable bonds is 6. The molecule has 2 aromatic carbocycles. The minimum atomic E-state index is 0.329. The number of ether oxygens (including phenoxy) is 2. The van der Waals surface area contributed by atoms with E-state index >= 15 is 0 Å². The van der Waals surface area contributed by atoms with Crippen molar-refractivity contribution >= 4 is 23.2 Å². The molecule has 0 aliphatic heterocycles. The molecule has 5 nitrogen and oxygen atoms in total. The standard InChI is InChI=1S/C17H15Cl2N3O2/c1-2-23-17-20-16(21-22-17)9-11-7-8-12(18)10-15(11)24-14-6-4-3-5-13(14)19/h3-8,10H,2,9H2,1H3,(H,20,21,22). The molecule has 0 spiro atoms. The van der Waals surface area contributed by atoms with Gasteiger partial charge in [0.05, 0.1) is 11.6 Å². The van der Waals surface area contributed by atoms with Gasteiger partial charge in [0.15, 0.2) is 0 Å². The summed E-state index contributed by atoms with van der Waals surface area (Å²) in [5.74, 6) is 1.85. The van der Waals surface area contributed by atoms with Crippen molar-refractivity contribution < 1.29 is 9.47 Å². The first kappa shape index (κ1) is 16.6. The molecule has 0 aliphatic carbocycles. The molecular formula is C17H15Cl2N3O2. The van der Waals surface area contributed by atoms with E-state index in [1.165, 1.54) is 0 Å². The lowest BCUT2D eigenvalue weighted by Gasteiger charge is -2.12. The predicted molar refractivity (Wildman–Crippen MR) is 93.3 cm³/mol. The maximum atomic E-state index is 6.16. The Morgan fingerprint density at radius 1 is 1.08 bits per heavy atom. The molecule has 0 unspecified atom stereocenters. The first-order chi connectivity index (χ1) is 11.7. The van der Waals surface area contributed by atoms with Crippen LogP contribution >= 0.6 is 23.2 Å². The minimum absolute atomic E-state index is 0.329. The summed E-state index contributed by atoms with van der Waals surface area (Å²) in [6.45, 7) is 2.39. The average Bonchev–Trinajstić information content (AvgIpc) is 3.00. The van der Waals surface area contributed by atoms with E-state index in [1.54, 1.807) is 24.3 Å². The highest BCUT2D eigenvalue weighted by atomic mass is 35.5. The summed E-state index contributed by atoms with van der Waals surface area (Å²) in [6.07, 6.45) is 0.497. The molecule has 1 aromatic heterocycles. The number of halogens is 2. The van der Waals surface area contributed by atoms with Gasteiger partial charge in [-0.15, -0.1) is 5.10 Å². The van der Waals surface area contributed by atoms with Crippen molar-refractivity contribution in [1.29, 1.82) is 0 Å². The Morgan fingerprint density at radius 2 is 1.92 bits per heavy atom. The van der Waals surface area contributed by atoms with Crippen LogP contribution in [-0.2, 0) is 6.42 Å². The molecule has 0 radical (unpaired) electrons. The molecule has 0 fully saturated rings. The zero-order chi connectivity index (χ0) is 16.9. The first-order valence-electron chi connectivity index (χ1n) is 7.40. The van der Waals surface area contributed by atoms with Crippen LogP contribution in [0.2, 0.25) is 10.0 Å². The van der Waals surface area contributed by atoms with Gasteiger partial charge in [0.1, 0.15) is 17.3 Å². The third kappa shape index (κ3) is 3.99. The number of nitrogens with one attached hydrogen (secondary N) is 1. The molecular weight excluding hydrogens is 349 g/mol. The number of aromatic amines is 1. The number of hydrogen-bond acceptors (Lipinski definition) is 4. The molecule has 7 heteroatoms. The molecule has 3 aromatic rings. The zero-order valence-corrected chi connectivity index (χ0v) is 14.4. The van der Waals surface area contributed by atoms with Crippen molar-refractivity contribution in [2.45, 2.75) is 13.3 Å². The quantitative estimate of drug-likeness (QED) is 0.676. The molecule has 124 valence electrons. The predicted octanol–water partition coefficient (Wildman–Crippen LogP) is 4.89. The van der Waals surface area contributed by atoms with Gasteiger partial charge in [-0.05, 0) is 31.2 Å². The van der Waals surface area contributed by atoms with Gasteiger partial charge in [0.2, 0.25) is 0 Å². The summed E-state index contributed by atoms with van der Waals surface area (Å²) in [4.78, 5) is 4.28. The van der Waals surface area contributed by atoms with Gasteiger partial charge in [0, 0.05) is 17.0 Å². The van der Waals surface area contributed by atoms with Crippen LogP contribution in [0.3, 0.4) is 0 Å². The average molecular weight is 364 g/mol. The topological polar surface area (TPSA) is 60.0 Å². The molecule has 0 atom stereocenters. The number of nitrogens with zero attached hydrogens (tertiary/aromatic N) is 2. The Kier molecular flexibility index (Phi) is 5.23. The van der Waals surface area contributed by atoms with Crippen molar-refractivity contribution in [2.24, 2.45) is 0 Å². The van der Waals surface area contributed by atoms with Gasteiger partial charge in [-0.2, -0.15) is 4.98 Å². The normalized spacial score (nSPS) is 10.6. The van der Waals surface area contributed by atoms with Crippen LogP contribution in [0.25, 0.3) is 0 Å². The second-order valence-corrected chi connectivity index (χ2v) is 5.80. The summed E-state index contributed by atoms with van der Waals surface area (Å²) >= 11 is 12.3. The second-order valence-electron chi connectivity index (χ2n) is 4.96. The fourth-order valence-electron chi connectivity index (χ4n) is 2.15. The lowest BCUT2D eigenvalue weighted by Crippen LogP contribution is -1.96. The molecule has 0 amide bonds. The smallest absolute Gasteiger partial charge is 0.335 e. The van der Waals surface area contributed by atoms with Crippen LogP contribution in [0.15, 0.2) is 42.5 Å². The van der Waals surface area contributed by atoms with E-state index < -0.39 is 0 Å². The largest absolute Gasteiger partial charge is 0.463 e. The molecule has 0 saturated carbocycles. The summed E-state index contributed by atoms with van der Waals surface area (Å²) in [7, 11) is 0.